The number of hydrogen-bond donors (Lipinski definition) is 2. The van der Waals surface area contributed by atoms with Crippen LogP contribution in [-0.4, -0.2) is 39.2 Å². The number of hydrogen-bond acceptors (Lipinski definition) is 3. The van der Waals surface area contributed by atoms with E-state index in [9.17, 15) is 9.18 Å². The van der Waals surface area contributed by atoms with Gasteiger partial charge >= 0.3 is 0 Å². The van der Waals surface area contributed by atoms with Gasteiger partial charge < -0.3 is 19.9 Å². The molecular formula is C25H27FN3O2+. The molecule has 0 bridgehead atoms. The van der Waals surface area contributed by atoms with Crippen molar-refractivity contribution in [2.75, 3.05) is 43.5 Å². The molecule has 1 amide bonds. The number of rotatable bonds is 6. The molecule has 0 aromatic heterocycles. The van der Waals surface area contributed by atoms with Gasteiger partial charge in [0, 0.05) is 22.5 Å². The summed E-state index contributed by atoms with van der Waals surface area (Å²) >= 11 is 0. The van der Waals surface area contributed by atoms with Crippen LogP contribution in [0.5, 0.6) is 5.75 Å². The van der Waals surface area contributed by atoms with E-state index in [1.807, 2.05) is 36.4 Å². The summed E-state index contributed by atoms with van der Waals surface area (Å²) in [5.41, 5.74) is 3.25. The summed E-state index contributed by atoms with van der Waals surface area (Å²) in [4.78, 5) is 16.1. The van der Waals surface area contributed by atoms with Crippen LogP contribution in [0.15, 0.2) is 72.8 Å². The molecule has 1 fully saturated rings. The first-order valence-corrected chi connectivity index (χ1v) is 10.5. The maximum Gasteiger partial charge on any atom is 0.255 e. The highest BCUT2D eigenvalue weighted by Crippen LogP contribution is 2.19. The minimum Gasteiger partial charge on any atom is -0.497 e. The molecule has 0 atom stereocenters. The Bertz CT molecular complexity index is 1010. The summed E-state index contributed by atoms with van der Waals surface area (Å²) in [5, 5.41) is 2.93. The summed E-state index contributed by atoms with van der Waals surface area (Å²) in [6, 6.07) is 22.0. The third-order valence-electron chi connectivity index (χ3n) is 5.71. The second-order valence-corrected chi connectivity index (χ2v) is 7.73. The van der Waals surface area contributed by atoms with E-state index in [4.69, 9.17) is 4.74 Å². The Hall–Kier alpha value is -3.38. The molecule has 3 aromatic rings. The number of carbonyl (C=O) groups excluding carboxylic acids is 1. The van der Waals surface area contributed by atoms with Gasteiger partial charge in [-0.05, 0) is 54.6 Å². The largest absolute Gasteiger partial charge is 0.497 e. The molecular weight excluding hydrogens is 393 g/mol. The Kier molecular flexibility index (Phi) is 6.48. The van der Waals surface area contributed by atoms with Crippen molar-refractivity contribution in [1.82, 2.24) is 0 Å². The zero-order chi connectivity index (χ0) is 21.6. The monoisotopic (exact) mass is 420 g/mol. The Morgan fingerprint density at radius 1 is 1.00 bits per heavy atom. The molecule has 31 heavy (non-hydrogen) atoms. The van der Waals surface area contributed by atoms with Crippen LogP contribution in [0.4, 0.5) is 15.8 Å². The number of carbonyl (C=O) groups is 1. The second-order valence-electron chi connectivity index (χ2n) is 7.73. The summed E-state index contributed by atoms with van der Waals surface area (Å²) in [5.74, 6) is 0.446. The van der Waals surface area contributed by atoms with Crippen LogP contribution in [0.1, 0.15) is 15.9 Å². The number of ether oxygens (including phenoxy) is 1. The molecule has 6 heteroatoms. The van der Waals surface area contributed by atoms with Crippen LogP contribution in [0.3, 0.4) is 0 Å². The number of benzene rings is 3. The number of piperazine rings is 1. The topological polar surface area (TPSA) is 46.0 Å². The fraction of sp³-hybridized carbons (Fsp3) is 0.240. The number of nitrogens with one attached hydrogen (secondary N) is 2. The Balaban J connectivity index is 1.30. The normalized spacial score (nSPS) is 14.3. The molecule has 0 spiro atoms. The van der Waals surface area contributed by atoms with Crippen molar-refractivity contribution < 1.29 is 18.8 Å². The Morgan fingerprint density at radius 2 is 1.68 bits per heavy atom. The maximum atomic E-state index is 13.9. The fourth-order valence-corrected chi connectivity index (χ4v) is 3.87. The van der Waals surface area contributed by atoms with Crippen molar-refractivity contribution in [1.29, 1.82) is 0 Å². The van der Waals surface area contributed by atoms with E-state index >= 15 is 0 Å². The zero-order valence-electron chi connectivity index (χ0n) is 17.6. The van der Waals surface area contributed by atoms with Gasteiger partial charge in [-0.3, -0.25) is 4.79 Å². The number of methoxy groups -OCH3 is 1. The van der Waals surface area contributed by atoms with E-state index in [0.717, 1.165) is 55.4 Å². The molecule has 0 saturated carbocycles. The minimum absolute atomic E-state index is 0.121. The molecule has 0 unspecified atom stereocenters. The van der Waals surface area contributed by atoms with Crippen molar-refractivity contribution in [2.24, 2.45) is 0 Å². The number of amides is 1. The number of quaternary nitrogens is 1. The lowest BCUT2D eigenvalue weighted by Gasteiger charge is -2.33. The van der Waals surface area contributed by atoms with Crippen LogP contribution in [0.2, 0.25) is 0 Å². The van der Waals surface area contributed by atoms with Crippen LogP contribution in [-0.2, 0) is 6.54 Å². The second kappa shape index (κ2) is 9.62. The number of anilines is 2. The lowest BCUT2D eigenvalue weighted by molar-refractivity contribution is -0.914. The van der Waals surface area contributed by atoms with Gasteiger partial charge in [-0.2, -0.15) is 0 Å². The van der Waals surface area contributed by atoms with Crippen LogP contribution < -0.4 is 19.9 Å². The van der Waals surface area contributed by atoms with E-state index in [2.05, 4.69) is 10.2 Å². The van der Waals surface area contributed by atoms with E-state index in [-0.39, 0.29) is 11.7 Å². The first-order chi connectivity index (χ1) is 15.1. The molecule has 2 N–H and O–H groups in total. The predicted octanol–water partition coefficient (Wildman–Crippen LogP) is 2.99. The highest BCUT2D eigenvalue weighted by molar-refractivity contribution is 6.04. The van der Waals surface area contributed by atoms with E-state index in [1.54, 1.807) is 37.4 Å². The van der Waals surface area contributed by atoms with Crippen molar-refractivity contribution in [3.63, 3.8) is 0 Å². The summed E-state index contributed by atoms with van der Waals surface area (Å²) < 4.78 is 19.0. The first-order valence-electron chi connectivity index (χ1n) is 10.5. The standard InChI is InChI=1S/C25H26FN3O2/c1-31-23-12-6-19(7-13-23)25(30)27-21-8-10-22(11-9-21)29-16-14-28(15-17-29)18-20-4-2-3-5-24(20)26/h2-13H,14-18H2,1H3,(H,27,30)/p+1. The highest BCUT2D eigenvalue weighted by Gasteiger charge is 2.21. The van der Waals surface area contributed by atoms with Gasteiger partial charge in [0.2, 0.25) is 0 Å². The lowest BCUT2D eigenvalue weighted by Crippen LogP contribution is -3.13. The Labute approximate surface area is 182 Å². The van der Waals surface area contributed by atoms with E-state index in [1.165, 1.54) is 11.0 Å². The van der Waals surface area contributed by atoms with Gasteiger partial charge in [-0.25, -0.2) is 4.39 Å². The molecule has 0 radical (unpaired) electrons. The van der Waals surface area contributed by atoms with Gasteiger partial charge in [0.05, 0.1) is 33.3 Å². The maximum absolute atomic E-state index is 13.9. The number of nitrogens with zero attached hydrogens (tertiary/aromatic N) is 1. The van der Waals surface area contributed by atoms with Crippen LogP contribution >= 0.6 is 0 Å². The van der Waals surface area contributed by atoms with Crippen molar-refractivity contribution in [3.05, 3.63) is 89.7 Å². The van der Waals surface area contributed by atoms with Crippen LogP contribution in [0, 0.1) is 5.82 Å². The van der Waals surface area contributed by atoms with E-state index < -0.39 is 0 Å². The summed E-state index contributed by atoms with van der Waals surface area (Å²) in [6.45, 7) is 4.48. The summed E-state index contributed by atoms with van der Waals surface area (Å²) in [7, 11) is 1.60. The Morgan fingerprint density at radius 3 is 2.32 bits per heavy atom. The fourth-order valence-electron chi connectivity index (χ4n) is 3.87. The van der Waals surface area contributed by atoms with Gasteiger partial charge in [0.1, 0.15) is 18.1 Å². The van der Waals surface area contributed by atoms with Crippen molar-refractivity contribution >= 4 is 17.3 Å². The molecule has 1 heterocycles. The first kappa shape index (κ1) is 20.9. The zero-order valence-corrected chi connectivity index (χ0v) is 17.6. The van der Waals surface area contributed by atoms with Crippen molar-refractivity contribution in [3.8, 4) is 5.75 Å². The lowest BCUT2D eigenvalue weighted by atomic mass is 10.1. The quantitative estimate of drug-likeness (QED) is 0.645. The van der Waals surface area contributed by atoms with Crippen LogP contribution in [0.25, 0.3) is 0 Å². The molecule has 1 aliphatic heterocycles. The van der Waals surface area contributed by atoms with Gasteiger partial charge in [-0.1, -0.05) is 18.2 Å². The smallest absolute Gasteiger partial charge is 0.255 e. The third-order valence-corrected chi connectivity index (χ3v) is 5.71. The van der Waals surface area contributed by atoms with Gasteiger partial charge in [-0.15, -0.1) is 0 Å². The molecule has 160 valence electrons. The van der Waals surface area contributed by atoms with Gasteiger partial charge in [0.25, 0.3) is 5.91 Å². The molecule has 3 aromatic carbocycles. The minimum atomic E-state index is -0.152. The molecule has 1 saturated heterocycles. The average Bonchev–Trinajstić information content (AvgIpc) is 2.82. The molecule has 0 aliphatic carbocycles. The van der Waals surface area contributed by atoms with E-state index in [0.29, 0.717) is 5.56 Å². The molecule has 5 nitrogen and oxygen atoms in total. The summed E-state index contributed by atoms with van der Waals surface area (Å²) in [6.07, 6.45) is 0. The number of halogens is 1. The average molecular weight is 421 g/mol. The third kappa shape index (κ3) is 5.22. The SMILES string of the molecule is COc1ccc(C(=O)Nc2ccc(N3CC[NH+](Cc4ccccc4F)CC3)cc2)cc1. The van der Waals surface area contributed by atoms with Crippen molar-refractivity contribution in [2.45, 2.75) is 6.54 Å². The highest BCUT2D eigenvalue weighted by atomic mass is 19.1. The molecule has 1 aliphatic rings. The molecule has 4 rings (SSSR count). The predicted molar refractivity (Wildman–Crippen MR) is 120 cm³/mol. The van der Waals surface area contributed by atoms with Gasteiger partial charge in [0.15, 0.2) is 0 Å².